The number of anilines is 1. The Balaban J connectivity index is 0.00000289. The number of nitrogens with zero attached hydrogens (tertiary/aromatic N) is 1. The summed E-state index contributed by atoms with van der Waals surface area (Å²) in [5, 5.41) is 3.36. The molecule has 1 N–H and O–H groups in total. The zero-order valence-electron chi connectivity index (χ0n) is 19.7. The van der Waals surface area contributed by atoms with Gasteiger partial charge in [-0.05, 0) is 17.7 Å². The van der Waals surface area contributed by atoms with E-state index in [4.69, 9.17) is 4.74 Å². The smallest absolute Gasteiger partial charge is 0.333 e. The van der Waals surface area contributed by atoms with Crippen molar-refractivity contribution in [1.82, 2.24) is 0 Å². The third kappa shape index (κ3) is 5.75. The third-order valence-corrected chi connectivity index (χ3v) is 7.34. The van der Waals surface area contributed by atoms with Crippen LogP contribution in [0.15, 0.2) is 91.0 Å². The number of ether oxygens (including phenoxy) is 1. The van der Waals surface area contributed by atoms with Crippen molar-refractivity contribution >= 4 is 17.4 Å². The molecular formula is C29H31ClN2O3. The lowest BCUT2D eigenvalue weighted by atomic mass is 9.82. The van der Waals surface area contributed by atoms with Gasteiger partial charge < -0.3 is 26.9 Å². The Kier molecular flexibility index (Phi) is 7.89. The molecule has 3 aromatic carbocycles. The fraction of sp³-hybridized carbons (Fsp3) is 0.310. The fourth-order valence-corrected chi connectivity index (χ4v) is 5.44. The van der Waals surface area contributed by atoms with E-state index in [1.165, 1.54) is 0 Å². The Hall–Kier alpha value is -3.15. The maximum Gasteiger partial charge on any atom is 0.333 e. The molecule has 35 heavy (non-hydrogen) atoms. The minimum atomic E-state index is -0.585. The molecule has 3 aromatic rings. The molecule has 0 spiro atoms. The third-order valence-electron chi connectivity index (χ3n) is 7.34. The minimum absolute atomic E-state index is 0. The molecule has 3 heterocycles. The number of esters is 1. The number of fused-ring (bicyclic) bond motifs is 3. The van der Waals surface area contributed by atoms with Crippen LogP contribution < -0.4 is 17.7 Å². The summed E-state index contributed by atoms with van der Waals surface area (Å²) < 4.78 is 6.91. The van der Waals surface area contributed by atoms with Gasteiger partial charge in [-0.25, -0.2) is 4.79 Å². The number of Topliss-reactive ketones (excluding diaryl/α,β-unsaturated/α-hetero) is 1. The van der Waals surface area contributed by atoms with Crippen molar-refractivity contribution in [3.8, 4) is 0 Å². The van der Waals surface area contributed by atoms with Gasteiger partial charge >= 0.3 is 5.97 Å². The molecule has 182 valence electrons. The van der Waals surface area contributed by atoms with Crippen LogP contribution in [-0.4, -0.2) is 48.5 Å². The van der Waals surface area contributed by atoms with E-state index in [1.54, 1.807) is 0 Å². The van der Waals surface area contributed by atoms with E-state index in [0.717, 1.165) is 42.7 Å². The maximum absolute atomic E-state index is 13.5. The average molecular weight is 491 g/mol. The Morgan fingerprint density at radius 2 is 1.43 bits per heavy atom. The first kappa shape index (κ1) is 25.0. The molecule has 6 heteroatoms. The quantitative estimate of drug-likeness (QED) is 0.297. The van der Waals surface area contributed by atoms with Crippen LogP contribution in [0.1, 0.15) is 34.8 Å². The number of piperidine rings is 3. The zero-order chi connectivity index (χ0) is 23.4. The standard InChI is InChI=1S/C29H31N2O3.ClH/c32-26(22-10-4-1-5-11-22)20-31-18-16-23(17-19-31)27(21-31)34-29(33)28(24-12-6-2-7-13-24)30-25-14-8-3-9-15-25;/h1-15,23,27-28,30H,16-21H2;1H/q+1;/p-1/t23?,27-,28?,31?;/m0./s1. The molecule has 1 unspecified atom stereocenters. The van der Waals surface area contributed by atoms with Crippen molar-refractivity contribution in [2.45, 2.75) is 25.0 Å². The Bertz CT molecular complexity index is 1120. The van der Waals surface area contributed by atoms with Crippen LogP contribution in [-0.2, 0) is 9.53 Å². The highest BCUT2D eigenvalue weighted by molar-refractivity contribution is 5.97. The zero-order valence-corrected chi connectivity index (χ0v) is 20.4. The van der Waals surface area contributed by atoms with Gasteiger partial charge in [0, 0.05) is 30.0 Å². The summed E-state index contributed by atoms with van der Waals surface area (Å²) in [6.45, 7) is 3.13. The number of halogens is 1. The van der Waals surface area contributed by atoms with Crippen LogP contribution in [0.4, 0.5) is 5.69 Å². The Morgan fingerprint density at radius 1 is 0.857 bits per heavy atom. The summed E-state index contributed by atoms with van der Waals surface area (Å²) in [6.07, 6.45) is 1.81. The fourth-order valence-electron chi connectivity index (χ4n) is 5.44. The van der Waals surface area contributed by atoms with Crippen LogP contribution in [0.2, 0.25) is 0 Å². The Labute approximate surface area is 213 Å². The molecule has 0 aliphatic carbocycles. The van der Waals surface area contributed by atoms with Crippen molar-refractivity contribution in [3.05, 3.63) is 102 Å². The number of hydrogen-bond donors (Lipinski definition) is 1. The van der Waals surface area contributed by atoms with Gasteiger partial charge in [0.25, 0.3) is 0 Å². The van der Waals surface area contributed by atoms with Crippen molar-refractivity contribution in [3.63, 3.8) is 0 Å². The van der Waals surface area contributed by atoms with E-state index in [2.05, 4.69) is 5.32 Å². The first-order valence-electron chi connectivity index (χ1n) is 12.1. The number of rotatable bonds is 8. The van der Waals surface area contributed by atoms with Crippen molar-refractivity contribution < 1.29 is 31.2 Å². The number of benzene rings is 3. The van der Waals surface area contributed by atoms with Gasteiger partial charge in [-0.2, -0.15) is 0 Å². The highest BCUT2D eigenvalue weighted by Crippen LogP contribution is 2.36. The molecule has 3 saturated heterocycles. The van der Waals surface area contributed by atoms with E-state index in [0.29, 0.717) is 23.5 Å². The lowest BCUT2D eigenvalue weighted by Gasteiger charge is -2.51. The van der Waals surface area contributed by atoms with Crippen LogP contribution in [0.25, 0.3) is 0 Å². The number of carbonyl (C=O) groups excluding carboxylic acids is 2. The molecule has 0 aromatic heterocycles. The second-order valence-electron chi connectivity index (χ2n) is 9.59. The molecule has 5 nitrogen and oxygen atoms in total. The average Bonchev–Trinajstić information content (AvgIpc) is 2.89. The van der Waals surface area contributed by atoms with E-state index in [9.17, 15) is 9.59 Å². The SMILES string of the molecule is O=C(C[N+]12CCC(CC1)[C@@H](OC(=O)C(Nc1ccccc1)c1ccccc1)C2)c1ccccc1.[Cl-]. The highest BCUT2D eigenvalue weighted by atomic mass is 35.5. The van der Waals surface area contributed by atoms with Gasteiger partial charge in [0.2, 0.25) is 5.78 Å². The number of carbonyl (C=O) groups is 2. The molecule has 0 radical (unpaired) electrons. The van der Waals surface area contributed by atoms with E-state index in [1.807, 2.05) is 91.0 Å². The van der Waals surface area contributed by atoms with E-state index >= 15 is 0 Å². The summed E-state index contributed by atoms with van der Waals surface area (Å²) in [7, 11) is 0. The number of quaternary nitrogens is 1. The summed E-state index contributed by atoms with van der Waals surface area (Å²) >= 11 is 0. The second-order valence-corrected chi connectivity index (χ2v) is 9.59. The van der Waals surface area contributed by atoms with Gasteiger partial charge in [-0.1, -0.05) is 78.9 Å². The van der Waals surface area contributed by atoms with Crippen molar-refractivity contribution in [2.24, 2.45) is 5.92 Å². The summed E-state index contributed by atoms with van der Waals surface area (Å²) in [4.78, 5) is 26.5. The first-order valence-corrected chi connectivity index (χ1v) is 12.1. The molecule has 3 fully saturated rings. The van der Waals surface area contributed by atoms with Gasteiger partial charge in [-0.3, -0.25) is 4.79 Å². The molecular weight excluding hydrogens is 460 g/mol. The molecule has 2 atom stereocenters. The molecule has 2 bridgehead atoms. The second kappa shape index (κ2) is 11.1. The number of para-hydroxylation sites is 1. The molecule has 3 aliphatic heterocycles. The first-order chi connectivity index (χ1) is 16.6. The van der Waals surface area contributed by atoms with Crippen LogP contribution in [0.3, 0.4) is 0 Å². The Morgan fingerprint density at radius 3 is 2.06 bits per heavy atom. The number of hydrogen-bond acceptors (Lipinski definition) is 4. The van der Waals surface area contributed by atoms with Crippen molar-refractivity contribution in [2.75, 3.05) is 31.5 Å². The lowest BCUT2D eigenvalue weighted by molar-refractivity contribution is -0.938. The van der Waals surface area contributed by atoms with Gasteiger partial charge in [0.05, 0.1) is 13.1 Å². The predicted molar refractivity (Wildman–Crippen MR) is 132 cm³/mol. The van der Waals surface area contributed by atoms with Crippen LogP contribution in [0.5, 0.6) is 0 Å². The van der Waals surface area contributed by atoms with Crippen LogP contribution in [0, 0.1) is 5.92 Å². The van der Waals surface area contributed by atoms with Gasteiger partial charge in [-0.15, -0.1) is 0 Å². The molecule has 6 rings (SSSR count). The van der Waals surface area contributed by atoms with E-state index in [-0.39, 0.29) is 30.3 Å². The van der Waals surface area contributed by atoms with Crippen LogP contribution >= 0.6 is 0 Å². The largest absolute Gasteiger partial charge is 1.00 e. The number of nitrogens with one attached hydrogen (secondary N) is 1. The number of ketones is 1. The maximum atomic E-state index is 13.5. The molecule has 3 aliphatic rings. The minimum Gasteiger partial charge on any atom is -1.00 e. The monoisotopic (exact) mass is 490 g/mol. The molecule has 0 amide bonds. The summed E-state index contributed by atoms with van der Waals surface area (Å²) in [5.74, 6) is 0.268. The van der Waals surface area contributed by atoms with E-state index < -0.39 is 6.04 Å². The molecule has 0 saturated carbocycles. The highest BCUT2D eigenvalue weighted by Gasteiger charge is 2.49. The normalized spacial score (nSPS) is 23.5. The topological polar surface area (TPSA) is 55.4 Å². The summed E-state index contributed by atoms with van der Waals surface area (Å²) in [5.41, 5.74) is 2.51. The van der Waals surface area contributed by atoms with Crippen molar-refractivity contribution in [1.29, 1.82) is 0 Å². The lowest BCUT2D eigenvalue weighted by Crippen LogP contribution is -3.00. The van der Waals surface area contributed by atoms with Gasteiger partial charge in [0.1, 0.15) is 13.1 Å². The van der Waals surface area contributed by atoms with Gasteiger partial charge in [0.15, 0.2) is 12.1 Å². The summed E-state index contributed by atoms with van der Waals surface area (Å²) in [6, 6.07) is 28.4. The predicted octanol–water partition coefficient (Wildman–Crippen LogP) is 1.88.